The first-order chi connectivity index (χ1) is 20.9. The quantitative estimate of drug-likeness (QED) is 0.224. The van der Waals surface area contributed by atoms with Gasteiger partial charge in [-0.25, -0.2) is 9.79 Å². The number of amides is 1. The Kier molecular flexibility index (Phi) is 11.8. The fourth-order valence-corrected chi connectivity index (χ4v) is 5.49. The van der Waals surface area contributed by atoms with Crippen molar-refractivity contribution < 1.29 is 28.6 Å². The molecule has 4 rings (SSSR count). The summed E-state index contributed by atoms with van der Waals surface area (Å²) in [5.41, 5.74) is 8.84. The lowest BCUT2D eigenvalue weighted by atomic mass is 10.1. The highest BCUT2D eigenvalue weighted by Crippen LogP contribution is 2.29. The molecule has 0 bridgehead atoms. The highest BCUT2D eigenvalue weighted by Gasteiger charge is 2.26. The molecule has 10 nitrogen and oxygen atoms in total. The van der Waals surface area contributed by atoms with Crippen LogP contribution in [0.4, 0.5) is 5.69 Å². The second-order valence-electron chi connectivity index (χ2n) is 11.0. The lowest BCUT2D eigenvalue weighted by Crippen LogP contribution is -2.42. The number of nitrogens with zero attached hydrogens (tertiary/aromatic N) is 3. The maximum atomic E-state index is 13.0. The van der Waals surface area contributed by atoms with Crippen molar-refractivity contribution in [3.63, 3.8) is 0 Å². The topological polar surface area (TPSA) is 124 Å². The number of carbonyl (C=O) groups is 3. The number of carbonyl (C=O) groups excluding carboxylic acids is 3. The Bertz CT molecular complexity index is 1290. The summed E-state index contributed by atoms with van der Waals surface area (Å²) in [6.07, 6.45) is 7.92. The van der Waals surface area contributed by atoms with Crippen LogP contribution < -0.4 is 10.5 Å². The zero-order valence-corrected chi connectivity index (χ0v) is 25.4. The van der Waals surface area contributed by atoms with Gasteiger partial charge in [0.2, 0.25) is 5.91 Å². The number of esters is 2. The van der Waals surface area contributed by atoms with Crippen molar-refractivity contribution in [2.24, 2.45) is 10.7 Å². The van der Waals surface area contributed by atoms with Gasteiger partial charge in [-0.1, -0.05) is 38.3 Å². The van der Waals surface area contributed by atoms with Gasteiger partial charge in [0.25, 0.3) is 0 Å². The van der Waals surface area contributed by atoms with Crippen molar-refractivity contribution in [1.82, 2.24) is 9.80 Å². The molecular formula is C33H44N4O6. The Hall–Kier alpha value is -4.08. The van der Waals surface area contributed by atoms with Crippen LogP contribution in [0.15, 0.2) is 47.5 Å². The summed E-state index contributed by atoms with van der Waals surface area (Å²) in [7, 11) is 0. The minimum atomic E-state index is -0.467. The van der Waals surface area contributed by atoms with Gasteiger partial charge in [0, 0.05) is 31.1 Å². The Labute approximate surface area is 254 Å². The molecule has 43 heavy (non-hydrogen) atoms. The van der Waals surface area contributed by atoms with E-state index in [-0.39, 0.29) is 31.6 Å². The maximum Gasteiger partial charge on any atom is 0.338 e. The Morgan fingerprint density at radius 3 is 2.63 bits per heavy atom. The molecule has 2 aliphatic rings. The molecule has 1 fully saturated rings. The predicted molar refractivity (Wildman–Crippen MR) is 164 cm³/mol. The van der Waals surface area contributed by atoms with Gasteiger partial charge in [-0.15, -0.1) is 0 Å². The molecule has 10 heteroatoms. The van der Waals surface area contributed by atoms with Gasteiger partial charge >= 0.3 is 11.9 Å². The minimum absolute atomic E-state index is 0.0189. The number of unbranched alkanes of at least 4 members (excludes halogenated alkanes) is 1. The van der Waals surface area contributed by atoms with Crippen LogP contribution in [0.3, 0.4) is 0 Å². The van der Waals surface area contributed by atoms with E-state index in [0.29, 0.717) is 48.9 Å². The first-order valence-corrected chi connectivity index (χ1v) is 15.4. The van der Waals surface area contributed by atoms with Crippen LogP contribution in [0.2, 0.25) is 0 Å². The standard InChI is InChI=1S/C33H44N4O6/c1-3-5-17-37(27-12-6-7-13-27)30(38)14-9-18-42-28-15-16-29-26(20-28)21-36(33(34)35-29)22-31(39)43-23-24-10-8-11-25(19-24)32(40)41-4-2/h8,10-11,15-16,19-20,27H,3-7,9,12-14,17-18,21-23H2,1-2H3,(H2,34,35). The summed E-state index contributed by atoms with van der Waals surface area (Å²) in [5, 5.41) is 0. The number of nitrogens with two attached hydrogens (primary N) is 1. The van der Waals surface area contributed by atoms with E-state index >= 15 is 0 Å². The molecule has 1 heterocycles. The number of aliphatic imine (C=N–C) groups is 1. The molecule has 0 aromatic heterocycles. The molecule has 2 aromatic rings. The molecular weight excluding hydrogens is 548 g/mol. The van der Waals surface area contributed by atoms with Crippen molar-refractivity contribution in [2.75, 3.05) is 26.3 Å². The molecule has 0 spiro atoms. The van der Waals surface area contributed by atoms with Crippen molar-refractivity contribution in [1.29, 1.82) is 0 Å². The Morgan fingerprint density at radius 2 is 1.86 bits per heavy atom. The first-order valence-electron chi connectivity index (χ1n) is 15.4. The number of ether oxygens (including phenoxy) is 3. The van der Waals surface area contributed by atoms with Gasteiger partial charge in [0.05, 0.1) is 24.5 Å². The van der Waals surface area contributed by atoms with Crippen LogP contribution in [-0.4, -0.2) is 66.0 Å². The average molecular weight is 593 g/mol. The monoisotopic (exact) mass is 592 g/mol. The highest BCUT2D eigenvalue weighted by molar-refractivity contribution is 5.89. The molecule has 232 valence electrons. The van der Waals surface area contributed by atoms with E-state index in [9.17, 15) is 14.4 Å². The highest BCUT2D eigenvalue weighted by atomic mass is 16.5. The predicted octanol–water partition coefficient (Wildman–Crippen LogP) is 5.10. The minimum Gasteiger partial charge on any atom is -0.494 e. The number of rotatable bonds is 15. The van der Waals surface area contributed by atoms with Gasteiger partial charge in [0.15, 0.2) is 5.96 Å². The molecule has 0 atom stereocenters. The lowest BCUT2D eigenvalue weighted by Gasteiger charge is -2.29. The summed E-state index contributed by atoms with van der Waals surface area (Å²) >= 11 is 0. The molecule has 0 unspecified atom stereocenters. The van der Waals surface area contributed by atoms with Crippen molar-refractivity contribution in [2.45, 2.75) is 84.4 Å². The van der Waals surface area contributed by atoms with Crippen LogP contribution in [0.5, 0.6) is 5.75 Å². The second kappa shape index (κ2) is 16.0. The number of hydrogen-bond donors (Lipinski definition) is 1. The summed E-state index contributed by atoms with van der Waals surface area (Å²) in [6.45, 7) is 5.80. The van der Waals surface area contributed by atoms with Crippen molar-refractivity contribution in [3.8, 4) is 5.75 Å². The third-order valence-corrected chi connectivity index (χ3v) is 7.77. The average Bonchev–Trinajstić information content (AvgIpc) is 3.54. The summed E-state index contributed by atoms with van der Waals surface area (Å²) in [4.78, 5) is 45.8. The molecule has 1 amide bonds. The first kappa shape index (κ1) is 31.8. The SMILES string of the molecule is CCCCN(C(=O)CCCOc1ccc2c(c1)CN(CC(=O)OCc1cccc(C(=O)OCC)c1)C(N)=N2)C1CCCC1. The molecule has 1 aliphatic carbocycles. The second-order valence-corrected chi connectivity index (χ2v) is 11.0. The molecule has 2 N–H and O–H groups in total. The summed E-state index contributed by atoms with van der Waals surface area (Å²) < 4.78 is 16.5. The lowest BCUT2D eigenvalue weighted by molar-refractivity contribution is -0.145. The number of fused-ring (bicyclic) bond motifs is 1. The van der Waals surface area contributed by atoms with Crippen LogP contribution in [-0.2, 0) is 32.2 Å². The van der Waals surface area contributed by atoms with E-state index in [1.54, 1.807) is 36.1 Å². The Balaban J connectivity index is 1.25. The van der Waals surface area contributed by atoms with E-state index in [4.69, 9.17) is 19.9 Å². The third-order valence-electron chi connectivity index (χ3n) is 7.77. The van der Waals surface area contributed by atoms with Crippen molar-refractivity contribution >= 4 is 29.5 Å². The maximum absolute atomic E-state index is 13.0. The van der Waals surface area contributed by atoms with E-state index in [0.717, 1.165) is 43.5 Å². The molecule has 0 saturated heterocycles. The van der Waals surface area contributed by atoms with E-state index in [2.05, 4.69) is 16.8 Å². The molecule has 1 aliphatic heterocycles. The van der Waals surface area contributed by atoms with Gasteiger partial charge in [-0.3, -0.25) is 9.59 Å². The normalized spacial score (nSPS) is 14.6. The largest absolute Gasteiger partial charge is 0.494 e. The number of benzene rings is 2. The van der Waals surface area contributed by atoms with Gasteiger partial charge in [-0.2, -0.15) is 0 Å². The van der Waals surface area contributed by atoms with Crippen molar-refractivity contribution in [3.05, 3.63) is 59.2 Å². The van der Waals surface area contributed by atoms with Crippen LogP contribution >= 0.6 is 0 Å². The molecule has 1 saturated carbocycles. The van der Waals surface area contributed by atoms with E-state index in [1.165, 1.54) is 12.8 Å². The van der Waals surface area contributed by atoms with Gasteiger partial charge < -0.3 is 29.7 Å². The molecule has 2 aromatic carbocycles. The van der Waals surface area contributed by atoms with E-state index < -0.39 is 11.9 Å². The summed E-state index contributed by atoms with van der Waals surface area (Å²) in [6, 6.07) is 12.8. The van der Waals surface area contributed by atoms with Crippen LogP contribution in [0.25, 0.3) is 0 Å². The Morgan fingerprint density at radius 1 is 1.05 bits per heavy atom. The summed E-state index contributed by atoms with van der Waals surface area (Å²) in [5.74, 6) is 0.261. The smallest absolute Gasteiger partial charge is 0.338 e. The van der Waals surface area contributed by atoms with Crippen LogP contribution in [0.1, 0.15) is 86.7 Å². The van der Waals surface area contributed by atoms with E-state index in [1.807, 2.05) is 18.2 Å². The zero-order chi connectivity index (χ0) is 30.6. The zero-order valence-electron chi connectivity index (χ0n) is 25.4. The fourth-order valence-electron chi connectivity index (χ4n) is 5.49. The number of hydrogen-bond acceptors (Lipinski definition) is 9. The van der Waals surface area contributed by atoms with Gasteiger partial charge in [-0.05, 0) is 68.5 Å². The molecule has 0 radical (unpaired) electrons. The number of guanidine groups is 1. The fraction of sp³-hybridized carbons (Fsp3) is 0.515. The third kappa shape index (κ3) is 9.20. The van der Waals surface area contributed by atoms with Crippen LogP contribution in [0, 0.1) is 0 Å². The van der Waals surface area contributed by atoms with Gasteiger partial charge in [0.1, 0.15) is 18.9 Å².